The molecule has 0 saturated heterocycles. The molecule has 0 aliphatic carbocycles. The molecule has 0 aromatic heterocycles. The molecular formula is C24H30N4O. The molecule has 5 nitrogen and oxygen atoms in total. The molecule has 3 rings (SSSR count). The number of aryl methyl sites for hydroxylation is 1. The lowest BCUT2D eigenvalue weighted by Gasteiger charge is -2.46. The van der Waals surface area contributed by atoms with Crippen molar-refractivity contribution >= 4 is 29.2 Å². The lowest BCUT2D eigenvalue weighted by Crippen LogP contribution is -2.49. The number of fused-ring (bicyclic) bond motifs is 1. The minimum Gasteiger partial charge on any atom is -0.360 e. The second-order valence-electron chi connectivity index (χ2n) is 8.36. The second-order valence-corrected chi connectivity index (χ2v) is 8.36. The molecule has 5 heteroatoms. The van der Waals surface area contributed by atoms with Crippen molar-refractivity contribution in [2.24, 2.45) is 5.10 Å². The van der Waals surface area contributed by atoms with Crippen molar-refractivity contribution in [1.29, 1.82) is 0 Å². The van der Waals surface area contributed by atoms with Crippen LogP contribution >= 0.6 is 0 Å². The van der Waals surface area contributed by atoms with E-state index in [1.807, 2.05) is 30.3 Å². The molecule has 2 N–H and O–H groups in total. The van der Waals surface area contributed by atoms with Crippen LogP contribution in [-0.2, 0) is 0 Å². The third-order valence-electron chi connectivity index (χ3n) is 5.18. The zero-order chi connectivity index (χ0) is 21.2. The van der Waals surface area contributed by atoms with Crippen LogP contribution in [0.2, 0.25) is 0 Å². The number of nitrogens with one attached hydrogen (secondary N) is 2. The fraction of sp³-hybridized carbons (Fsp3) is 0.333. The van der Waals surface area contributed by atoms with Gasteiger partial charge < -0.3 is 10.2 Å². The van der Waals surface area contributed by atoms with E-state index in [-0.39, 0.29) is 11.6 Å². The van der Waals surface area contributed by atoms with E-state index in [1.165, 1.54) is 16.8 Å². The van der Waals surface area contributed by atoms with E-state index >= 15 is 0 Å². The van der Waals surface area contributed by atoms with Crippen LogP contribution in [0.1, 0.15) is 51.3 Å². The molecule has 0 saturated carbocycles. The number of hydrogen-bond acceptors (Lipinski definition) is 3. The van der Waals surface area contributed by atoms with Gasteiger partial charge in [0.05, 0.1) is 11.8 Å². The zero-order valence-electron chi connectivity index (χ0n) is 18.1. The molecule has 0 bridgehead atoms. The van der Waals surface area contributed by atoms with Crippen LogP contribution in [0.4, 0.5) is 16.2 Å². The van der Waals surface area contributed by atoms with Crippen LogP contribution in [0.15, 0.2) is 53.6 Å². The number of hydrazone groups is 1. The van der Waals surface area contributed by atoms with Gasteiger partial charge in [-0.1, -0.05) is 24.3 Å². The average Bonchev–Trinajstić information content (AvgIpc) is 2.62. The molecular weight excluding hydrogens is 360 g/mol. The largest absolute Gasteiger partial charge is 0.360 e. The van der Waals surface area contributed by atoms with Crippen molar-refractivity contribution in [3.63, 3.8) is 0 Å². The number of nitrogens with zero attached hydrogens (tertiary/aromatic N) is 2. The van der Waals surface area contributed by atoms with Crippen molar-refractivity contribution in [3.8, 4) is 0 Å². The maximum Gasteiger partial charge on any atom is 0.339 e. The Morgan fingerprint density at radius 3 is 2.48 bits per heavy atom. The third kappa shape index (κ3) is 4.50. The minimum absolute atomic E-state index is 0.0373. The van der Waals surface area contributed by atoms with Gasteiger partial charge in [0.1, 0.15) is 0 Å². The van der Waals surface area contributed by atoms with Gasteiger partial charge in [-0.2, -0.15) is 5.10 Å². The summed E-state index contributed by atoms with van der Waals surface area (Å²) in [7, 11) is 0. The molecule has 1 aliphatic heterocycles. The number of carbonyl (C=O) groups excluding carboxylic acids is 1. The fourth-order valence-corrected chi connectivity index (χ4v) is 4.14. The first-order chi connectivity index (χ1) is 13.7. The Morgan fingerprint density at radius 1 is 1.14 bits per heavy atom. The van der Waals surface area contributed by atoms with Crippen molar-refractivity contribution in [2.45, 2.75) is 53.1 Å². The summed E-state index contributed by atoms with van der Waals surface area (Å²) in [5.41, 5.74) is 9.03. The molecule has 0 fully saturated rings. The third-order valence-corrected chi connectivity index (χ3v) is 5.18. The first-order valence-electron chi connectivity index (χ1n) is 9.98. The summed E-state index contributed by atoms with van der Waals surface area (Å²) < 4.78 is 0. The Morgan fingerprint density at radius 2 is 1.83 bits per heavy atom. The number of para-hydroxylation sites is 1. The predicted molar refractivity (Wildman–Crippen MR) is 123 cm³/mol. The van der Waals surface area contributed by atoms with E-state index in [2.05, 4.69) is 80.5 Å². The Bertz CT molecular complexity index is 958. The van der Waals surface area contributed by atoms with Gasteiger partial charge >= 0.3 is 6.03 Å². The summed E-state index contributed by atoms with van der Waals surface area (Å²) in [5.74, 6) is 0. The van der Waals surface area contributed by atoms with Crippen molar-refractivity contribution < 1.29 is 4.79 Å². The maximum atomic E-state index is 12.0. The molecule has 152 valence electrons. The quantitative estimate of drug-likeness (QED) is 0.530. The fourth-order valence-electron chi connectivity index (χ4n) is 4.14. The highest BCUT2D eigenvalue weighted by Gasteiger charge is 2.33. The van der Waals surface area contributed by atoms with Gasteiger partial charge in [0, 0.05) is 23.0 Å². The SMILES string of the molecule is CC1=CC(C)(C)N(C(C)C)c2cc(C)c(/C=N\NC(=O)Nc3ccccc3)cc21. The number of rotatable bonds is 4. The Labute approximate surface area is 173 Å². The van der Waals surface area contributed by atoms with Crippen LogP contribution in [-0.4, -0.2) is 23.8 Å². The highest BCUT2D eigenvalue weighted by molar-refractivity contribution is 5.92. The van der Waals surface area contributed by atoms with Crippen molar-refractivity contribution in [1.82, 2.24) is 5.43 Å². The summed E-state index contributed by atoms with van der Waals surface area (Å²) in [6, 6.07) is 13.7. The van der Waals surface area contributed by atoms with E-state index < -0.39 is 0 Å². The lowest BCUT2D eigenvalue weighted by molar-refractivity contribution is 0.252. The predicted octanol–water partition coefficient (Wildman–Crippen LogP) is 5.56. The summed E-state index contributed by atoms with van der Waals surface area (Å²) in [4.78, 5) is 14.5. The van der Waals surface area contributed by atoms with Gasteiger partial charge in [0.25, 0.3) is 0 Å². The zero-order valence-corrected chi connectivity index (χ0v) is 18.1. The molecule has 2 aromatic rings. The molecule has 2 amide bonds. The first kappa shape index (κ1) is 20.6. The van der Waals surface area contributed by atoms with E-state index in [0.29, 0.717) is 6.04 Å². The normalized spacial score (nSPS) is 15.3. The Kier molecular flexibility index (Phi) is 5.78. The number of anilines is 2. The van der Waals surface area contributed by atoms with E-state index in [9.17, 15) is 4.79 Å². The van der Waals surface area contributed by atoms with E-state index in [4.69, 9.17) is 0 Å². The first-order valence-corrected chi connectivity index (χ1v) is 9.98. The number of amides is 2. The average molecular weight is 391 g/mol. The highest BCUT2D eigenvalue weighted by Crippen LogP contribution is 2.41. The van der Waals surface area contributed by atoms with Gasteiger partial charge in [-0.25, -0.2) is 10.2 Å². The molecule has 29 heavy (non-hydrogen) atoms. The van der Waals surface area contributed by atoms with Crippen LogP contribution in [0.5, 0.6) is 0 Å². The topological polar surface area (TPSA) is 56.7 Å². The van der Waals surface area contributed by atoms with Crippen LogP contribution in [0.25, 0.3) is 5.57 Å². The van der Waals surface area contributed by atoms with E-state index in [0.717, 1.165) is 16.8 Å². The number of benzene rings is 2. The van der Waals surface area contributed by atoms with Gasteiger partial charge in [-0.3, -0.25) is 0 Å². The number of hydrogen-bond donors (Lipinski definition) is 2. The second kappa shape index (κ2) is 8.11. The Balaban J connectivity index is 1.81. The molecule has 2 aromatic carbocycles. The smallest absolute Gasteiger partial charge is 0.339 e. The molecule has 1 heterocycles. The Hall–Kier alpha value is -3.08. The van der Waals surface area contributed by atoms with Gasteiger partial charge in [-0.05, 0) is 82.5 Å². The van der Waals surface area contributed by atoms with Crippen LogP contribution in [0.3, 0.4) is 0 Å². The molecule has 0 atom stereocenters. The van der Waals surface area contributed by atoms with E-state index in [1.54, 1.807) is 6.21 Å². The summed E-state index contributed by atoms with van der Waals surface area (Å²) in [5, 5.41) is 6.88. The standard InChI is InChI=1S/C24H30N4O/c1-16(2)28-22-12-17(3)19(13-21(22)18(4)14-24(28,5)6)15-25-27-23(29)26-20-10-8-7-9-11-20/h7-16H,1-6H3,(H2,26,27,29)/b25-15-. The molecule has 1 aliphatic rings. The molecule has 0 spiro atoms. The van der Waals surface area contributed by atoms with Crippen molar-refractivity contribution in [2.75, 3.05) is 10.2 Å². The highest BCUT2D eigenvalue weighted by atomic mass is 16.2. The minimum atomic E-state index is -0.369. The number of urea groups is 1. The van der Waals surface area contributed by atoms with Gasteiger partial charge in [-0.15, -0.1) is 0 Å². The monoisotopic (exact) mass is 390 g/mol. The summed E-state index contributed by atoms with van der Waals surface area (Å²) in [6.07, 6.45) is 4.02. The van der Waals surface area contributed by atoms with Gasteiger partial charge in [0.2, 0.25) is 0 Å². The summed E-state index contributed by atoms with van der Waals surface area (Å²) >= 11 is 0. The molecule has 0 unspecified atom stereocenters. The lowest BCUT2D eigenvalue weighted by atomic mass is 9.86. The van der Waals surface area contributed by atoms with Gasteiger partial charge in [0.15, 0.2) is 0 Å². The molecule has 0 radical (unpaired) electrons. The number of carbonyl (C=O) groups is 1. The number of allylic oxidation sites excluding steroid dienone is 1. The maximum absolute atomic E-state index is 12.0. The van der Waals surface area contributed by atoms with Crippen LogP contribution in [0, 0.1) is 6.92 Å². The van der Waals surface area contributed by atoms with Crippen LogP contribution < -0.4 is 15.6 Å². The van der Waals surface area contributed by atoms with Crippen molar-refractivity contribution in [3.05, 3.63) is 65.2 Å². The summed E-state index contributed by atoms with van der Waals surface area (Å²) in [6.45, 7) is 13.2.